The maximum Gasteiger partial charge on any atom is 0.242 e. The van der Waals surface area contributed by atoms with Gasteiger partial charge in [-0.1, -0.05) is 11.6 Å². The van der Waals surface area contributed by atoms with Crippen LogP contribution in [0.2, 0.25) is 5.02 Å². The number of ether oxygens (including phenoxy) is 2. The van der Waals surface area contributed by atoms with Gasteiger partial charge in [-0.05, 0) is 48.4 Å². The highest BCUT2D eigenvalue weighted by Crippen LogP contribution is 2.40. The number of aromatic nitrogens is 5. The van der Waals surface area contributed by atoms with Crippen LogP contribution in [0.3, 0.4) is 0 Å². The highest BCUT2D eigenvalue weighted by Gasteiger charge is 2.43. The number of anilines is 2. The van der Waals surface area contributed by atoms with Crippen molar-refractivity contribution < 1.29 is 13.9 Å². The van der Waals surface area contributed by atoms with Gasteiger partial charge in [0, 0.05) is 30.2 Å². The van der Waals surface area contributed by atoms with Crippen molar-refractivity contribution >= 4 is 23.2 Å². The molecule has 0 amide bonds. The van der Waals surface area contributed by atoms with Gasteiger partial charge in [-0.2, -0.15) is 10.1 Å². The number of rotatable bonds is 5. The first-order chi connectivity index (χ1) is 16.6. The molecule has 2 bridgehead atoms. The van der Waals surface area contributed by atoms with Crippen molar-refractivity contribution in [3.05, 3.63) is 52.7 Å². The zero-order chi connectivity index (χ0) is 23.2. The maximum atomic E-state index is 13.9. The van der Waals surface area contributed by atoms with Gasteiger partial charge in [-0.15, -0.1) is 10.2 Å². The number of piperidine rings is 1. The molecule has 0 spiro atoms. The van der Waals surface area contributed by atoms with Crippen molar-refractivity contribution in [3.8, 4) is 5.88 Å². The van der Waals surface area contributed by atoms with Gasteiger partial charge < -0.3 is 19.7 Å². The Hall–Kier alpha value is -2.98. The Morgan fingerprint density at radius 2 is 2.00 bits per heavy atom. The van der Waals surface area contributed by atoms with E-state index in [1.165, 1.54) is 12.1 Å². The summed E-state index contributed by atoms with van der Waals surface area (Å²) < 4.78 is 27.0. The molecule has 2 fully saturated rings. The highest BCUT2D eigenvalue weighted by molar-refractivity contribution is 6.30. The Labute approximate surface area is 201 Å². The van der Waals surface area contributed by atoms with E-state index in [0.29, 0.717) is 59.3 Å². The fourth-order valence-corrected chi connectivity index (χ4v) is 5.74. The van der Waals surface area contributed by atoms with E-state index in [1.54, 1.807) is 19.4 Å². The molecule has 1 saturated heterocycles. The summed E-state index contributed by atoms with van der Waals surface area (Å²) in [5.41, 5.74) is 1.67. The smallest absolute Gasteiger partial charge is 0.242 e. The molecular weight excluding hydrogens is 461 g/mol. The van der Waals surface area contributed by atoms with E-state index in [9.17, 15) is 4.39 Å². The van der Waals surface area contributed by atoms with Crippen molar-refractivity contribution in [2.24, 2.45) is 11.8 Å². The average Bonchev–Trinajstić information content (AvgIpc) is 3.34. The van der Waals surface area contributed by atoms with Gasteiger partial charge >= 0.3 is 0 Å². The van der Waals surface area contributed by atoms with Crippen LogP contribution >= 0.6 is 11.6 Å². The minimum atomic E-state index is -0.502. The van der Waals surface area contributed by atoms with Gasteiger partial charge in [0.15, 0.2) is 5.82 Å². The van der Waals surface area contributed by atoms with Gasteiger partial charge in [-0.25, -0.2) is 9.07 Å². The van der Waals surface area contributed by atoms with Crippen molar-refractivity contribution in [1.29, 1.82) is 0 Å². The number of fused-ring (bicyclic) bond motifs is 3. The van der Waals surface area contributed by atoms with Crippen LogP contribution in [0, 0.1) is 17.7 Å². The first kappa shape index (κ1) is 21.5. The van der Waals surface area contributed by atoms with Crippen LogP contribution in [0.5, 0.6) is 5.88 Å². The number of benzene rings is 1. The molecule has 6 rings (SSSR count). The third kappa shape index (κ3) is 3.94. The molecule has 0 unspecified atom stereocenters. The van der Waals surface area contributed by atoms with Crippen LogP contribution in [-0.2, 0) is 11.3 Å². The second kappa shape index (κ2) is 8.66. The number of hydrogen-bond acceptors (Lipinski definition) is 8. The van der Waals surface area contributed by atoms with E-state index in [0.717, 1.165) is 31.6 Å². The second-order valence-electron chi connectivity index (χ2n) is 9.10. The number of methoxy groups -OCH3 is 1. The van der Waals surface area contributed by atoms with Crippen molar-refractivity contribution in [3.63, 3.8) is 0 Å². The van der Waals surface area contributed by atoms with Crippen LogP contribution in [0.25, 0.3) is 0 Å². The normalized spacial score (nSPS) is 25.8. The Kier molecular flexibility index (Phi) is 5.49. The van der Waals surface area contributed by atoms with Gasteiger partial charge in [0.2, 0.25) is 11.8 Å². The van der Waals surface area contributed by atoms with Gasteiger partial charge in [0.25, 0.3) is 0 Å². The summed E-state index contributed by atoms with van der Waals surface area (Å²) in [6, 6.07) is 6.66. The topological polar surface area (TPSA) is 90.2 Å². The van der Waals surface area contributed by atoms with E-state index >= 15 is 0 Å². The lowest BCUT2D eigenvalue weighted by Gasteiger charge is -2.39. The molecule has 1 aromatic carbocycles. The van der Waals surface area contributed by atoms with Crippen LogP contribution in [0.4, 0.5) is 16.0 Å². The molecule has 9 nitrogen and oxygen atoms in total. The Morgan fingerprint density at radius 1 is 1.18 bits per heavy atom. The fraction of sp³-hybridized carbons (Fsp3) is 0.478. The van der Waals surface area contributed by atoms with Crippen LogP contribution in [0.15, 0.2) is 30.5 Å². The molecule has 1 N–H and O–H groups in total. The summed E-state index contributed by atoms with van der Waals surface area (Å²) in [5.74, 6) is 2.31. The maximum absolute atomic E-state index is 13.9. The summed E-state index contributed by atoms with van der Waals surface area (Å²) in [6.07, 6.45) is 3.59. The molecular formula is C23H25ClFN7O2. The van der Waals surface area contributed by atoms with E-state index < -0.39 is 11.9 Å². The second-order valence-corrected chi connectivity index (χ2v) is 9.54. The summed E-state index contributed by atoms with van der Waals surface area (Å²) in [4.78, 5) is 7.12. The Balaban J connectivity index is 1.20. The van der Waals surface area contributed by atoms with E-state index in [2.05, 4.69) is 20.4 Å². The molecule has 4 heterocycles. The van der Waals surface area contributed by atoms with Crippen molar-refractivity contribution in [2.45, 2.75) is 31.5 Å². The minimum absolute atomic E-state index is 0.292. The van der Waals surface area contributed by atoms with Crippen LogP contribution in [0.1, 0.15) is 30.3 Å². The summed E-state index contributed by atoms with van der Waals surface area (Å²) in [6.45, 7) is 2.92. The fourth-order valence-electron chi connectivity index (χ4n) is 5.51. The Morgan fingerprint density at radius 3 is 2.76 bits per heavy atom. The van der Waals surface area contributed by atoms with E-state index in [4.69, 9.17) is 31.2 Å². The number of hydrogen-bond donors (Lipinski definition) is 1. The lowest BCUT2D eigenvalue weighted by atomic mass is 9.92. The molecule has 3 aliphatic rings. The molecule has 2 aromatic heterocycles. The summed E-state index contributed by atoms with van der Waals surface area (Å²) in [7, 11) is 1.60. The zero-order valence-corrected chi connectivity index (χ0v) is 19.5. The molecule has 3 aromatic rings. The zero-order valence-electron chi connectivity index (χ0n) is 18.7. The summed E-state index contributed by atoms with van der Waals surface area (Å²) in [5, 5.41) is 16.7. The average molecular weight is 486 g/mol. The minimum Gasteiger partial charge on any atom is -0.480 e. The summed E-state index contributed by atoms with van der Waals surface area (Å²) >= 11 is 6.07. The molecule has 178 valence electrons. The molecule has 3 atom stereocenters. The van der Waals surface area contributed by atoms with Crippen LogP contribution < -0.4 is 15.0 Å². The van der Waals surface area contributed by atoms with Gasteiger partial charge in [0.05, 0.1) is 32.1 Å². The lowest BCUT2D eigenvalue weighted by Crippen LogP contribution is -2.48. The van der Waals surface area contributed by atoms with Gasteiger partial charge in [0.1, 0.15) is 11.9 Å². The number of halogens is 2. The molecule has 1 saturated carbocycles. The standard InChI is InChI=1S/C23H25ClFN7O2/c1-33-19-9-18(10-26-29-19)31-11-13-2-3-14(12-31)20(13)27-23-28-22-21(34-5-4-32(22)30-23)15-6-16(24)8-17(25)7-15/h6-10,13-14,20-21H,2-5,11-12H2,1H3,(H,27,30)/t13-,14-,21-/m1/s1. The Bertz CT molecular complexity index is 1170. The highest BCUT2D eigenvalue weighted by atomic mass is 35.5. The predicted molar refractivity (Wildman–Crippen MR) is 124 cm³/mol. The first-order valence-corrected chi connectivity index (χ1v) is 11.9. The number of nitrogens with zero attached hydrogens (tertiary/aromatic N) is 6. The SMILES string of the molecule is COc1cc(N2C[C@H]3CC[C@H](C2)C3Nc2nc3n(n2)CCO[C@@H]3c2cc(F)cc(Cl)c2)cnn1. The molecule has 11 heteroatoms. The van der Waals surface area contributed by atoms with Crippen molar-refractivity contribution in [1.82, 2.24) is 25.0 Å². The molecule has 34 heavy (non-hydrogen) atoms. The van der Waals surface area contributed by atoms with Crippen molar-refractivity contribution in [2.75, 3.05) is 37.0 Å². The van der Waals surface area contributed by atoms with E-state index in [-0.39, 0.29) is 0 Å². The van der Waals surface area contributed by atoms with Crippen LogP contribution in [-0.4, -0.2) is 57.8 Å². The largest absolute Gasteiger partial charge is 0.480 e. The molecule has 0 radical (unpaired) electrons. The third-order valence-corrected chi connectivity index (χ3v) is 7.25. The predicted octanol–water partition coefficient (Wildman–Crippen LogP) is 3.32. The van der Waals surface area contributed by atoms with E-state index in [1.807, 2.05) is 10.7 Å². The quantitative estimate of drug-likeness (QED) is 0.588. The van der Waals surface area contributed by atoms with Gasteiger partial charge in [-0.3, -0.25) is 0 Å². The third-order valence-electron chi connectivity index (χ3n) is 7.03. The molecule has 2 aliphatic heterocycles. The monoisotopic (exact) mass is 485 g/mol. The first-order valence-electron chi connectivity index (χ1n) is 11.5. The molecule has 1 aliphatic carbocycles. The number of nitrogens with one attached hydrogen (secondary N) is 1. The lowest BCUT2D eigenvalue weighted by molar-refractivity contribution is 0.0388.